The van der Waals surface area contributed by atoms with Crippen LogP contribution in [-0.2, 0) is 0 Å². The Hall–Kier alpha value is 0.450. The minimum absolute atomic E-state index is 0.296. The fourth-order valence-electron chi connectivity index (χ4n) is 0.0550. The predicted octanol–water partition coefficient (Wildman–Crippen LogP) is 3.23. The lowest BCUT2D eigenvalue weighted by Gasteiger charge is -1.81. The van der Waals surface area contributed by atoms with Crippen molar-refractivity contribution >= 4 is 53.9 Å². The molecule has 0 unspecified atom stereocenters. The van der Waals surface area contributed by atoms with Gasteiger partial charge in [0.15, 0.2) is 0 Å². The summed E-state index contributed by atoms with van der Waals surface area (Å²) < 4.78 is 0.296. The van der Waals surface area contributed by atoms with E-state index in [0.29, 0.717) is 3.74 Å². The molecule has 0 heterocycles. The van der Waals surface area contributed by atoms with E-state index >= 15 is 0 Å². The van der Waals surface area contributed by atoms with E-state index in [-0.39, 0.29) is 0 Å². The zero-order valence-corrected chi connectivity index (χ0v) is 9.43. The number of hydrogen-bond acceptors (Lipinski definition) is 1. The Bertz CT molecular complexity index is 108. The minimum Gasteiger partial charge on any atom is -0.450 e. The van der Waals surface area contributed by atoms with Gasteiger partial charge in [-0.2, -0.15) is 0 Å². The Morgan fingerprint density at radius 2 is 1.70 bits per heavy atom. The molecule has 0 aliphatic heterocycles. The van der Waals surface area contributed by atoms with Crippen LogP contribution in [0.15, 0.2) is 11.1 Å². The van der Waals surface area contributed by atoms with E-state index in [4.69, 9.17) is 15.0 Å². The van der Waals surface area contributed by atoms with Crippen LogP contribution in [0.25, 0.3) is 0 Å². The molecule has 0 radical (unpaired) electrons. The highest BCUT2D eigenvalue weighted by Crippen LogP contribution is 2.09. The van der Waals surface area contributed by atoms with Crippen LogP contribution in [0.5, 0.6) is 0 Å². The maximum atomic E-state index is 8.56. The average Bonchev–Trinajstić information content (AvgIpc) is 1.62. The monoisotopic (exact) mass is 338 g/mol. The molecule has 10 heavy (non-hydrogen) atoms. The van der Waals surface area contributed by atoms with Crippen molar-refractivity contribution in [1.82, 2.24) is 0 Å². The van der Waals surface area contributed by atoms with E-state index in [1.54, 1.807) is 4.99 Å². The third-order valence-electron chi connectivity index (χ3n) is 0.218. The summed E-state index contributed by atoms with van der Waals surface area (Å²) in [7, 11) is 0. The van der Waals surface area contributed by atoms with Crippen LogP contribution in [0.2, 0.25) is 0 Å². The molecule has 0 atom stereocenters. The molecule has 6 heteroatoms. The molecule has 0 aliphatic rings. The van der Waals surface area contributed by atoms with E-state index in [1.807, 2.05) is 6.08 Å². The number of hydrogen-bond donors (Lipinski definition) is 2. The van der Waals surface area contributed by atoms with Crippen LogP contribution in [-0.4, -0.2) is 20.1 Å². The SMILES string of the molecule is BrC=CC(Br)Br.O=C(O)O. The van der Waals surface area contributed by atoms with Crippen molar-refractivity contribution < 1.29 is 15.0 Å². The Balaban J connectivity index is 0. The van der Waals surface area contributed by atoms with Gasteiger partial charge in [-0.05, 0) is 4.99 Å². The molecule has 60 valence electrons. The second-order valence-corrected chi connectivity index (χ2v) is 4.67. The maximum Gasteiger partial charge on any atom is 0.503 e. The van der Waals surface area contributed by atoms with Crippen molar-refractivity contribution in [3.05, 3.63) is 11.1 Å². The highest BCUT2D eigenvalue weighted by molar-refractivity contribution is 9.24. The maximum absolute atomic E-state index is 8.56. The van der Waals surface area contributed by atoms with Gasteiger partial charge in [0.1, 0.15) is 0 Å². The van der Waals surface area contributed by atoms with Gasteiger partial charge in [0.05, 0.1) is 3.74 Å². The Kier molecular flexibility index (Phi) is 12.4. The number of alkyl halides is 2. The number of carbonyl (C=O) groups is 1. The summed E-state index contributed by atoms with van der Waals surface area (Å²) in [6.07, 6.45) is 0.0833. The molecule has 0 saturated carbocycles. The zero-order chi connectivity index (χ0) is 8.57. The molecular weight excluding hydrogens is 336 g/mol. The molecule has 0 aromatic rings. The predicted molar refractivity (Wildman–Crippen MR) is 50.4 cm³/mol. The first-order valence-corrected chi connectivity index (χ1v) is 4.72. The lowest BCUT2D eigenvalue weighted by Crippen LogP contribution is -1.81. The first kappa shape index (κ1) is 13.1. The summed E-state index contributed by atoms with van der Waals surface area (Å²) >= 11 is 9.58. The van der Waals surface area contributed by atoms with E-state index in [2.05, 4.69) is 47.8 Å². The van der Waals surface area contributed by atoms with Gasteiger partial charge in [-0.25, -0.2) is 4.79 Å². The van der Waals surface area contributed by atoms with Gasteiger partial charge >= 0.3 is 6.16 Å². The topological polar surface area (TPSA) is 57.5 Å². The first-order chi connectivity index (χ1) is 4.50. The van der Waals surface area contributed by atoms with Crippen molar-refractivity contribution in [2.45, 2.75) is 3.74 Å². The quantitative estimate of drug-likeness (QED) is 0.720. The van der Waals surface area contributed by atoms with Gasteiger partial charge in [0.2, 0.25) is 0 Å². The van der Waals surface area contributed by atoms with Crippen LogP contribution in [0, 0.1) is 0 Å². The summed E-state index contributed by atoms with van der Waals surface area (Å²) in [5.41, 5.74) is 0. The molecule has 0 aromatic heterocycles. The molecule has 3 nitrogen and oxygen atoms in total. The molecule has 0 aromatic carbocycles. The van der Waals surface area contributed by atoms with Gasteiger partial charge in [-0.1, -0.05) is 53.9 Å². The fourth-order valence-corrected chi connectivity index (χ4v) is 1.48. The highest BCUT2D eigenvalue weighted by Gasteiger charge is 1.82. The molecule has 0 fully saturated rings. The number of carboxylic acid groups (broad SMARTS) is 2. The Morgan fingerprint density at radius 3 is 1.70 bits per heavy atom. The summed E-state index contributed by atoms with van der Waals surface area (Å²) in [6, 6.07) is 0. The van der Waals surface area contributed by atoms with Crippen LogP contribution in [0.3, 0.4) is 0 Å². The van der Waals surface area contributed by atoms with E-state index < -0.39 is 6.16 Å². The smallest absolute Gasteiger partial charge is 0.450 e. The molecule has 0 spiro atoms. The second kappa shape index (κ2) is 9.45. The van der Waals surface area contributed by atoms with E-state index in [9.17, 15) is 0 Å². The van der Waals surface area contributed by atoms with Crippen molar-refractivity contribution in [2.24, 2.45) is 0 Å². The summed E-state index contributed by atoms with van der Waals surface area (Å²) in [5, 5.41) is 13.9. The number of rotatable bonds is 1. The van der Waals surface area contributed by atoms with Crippen LogP contribution in [0.1, 0.15) is 0 Å². The molecule has 0 saturated heterocycles. The van der Waals surface area contributed by atoms with Crippen molar-refractivity contribution in [1.29, 1.82) is 0 Å². The highest BCUT2D eigenvalue weighted by atomic mass is 79.9. The lowest BCUT2D eigenvalue weighted by molar-refractivity contribution is 0.137. The molecule has 0 amide bonds. The Morgan fingerprint density at radius 1 is 1.40 bits per heavy atom. The van der Waals surface area contributed by atoms with Crippen molar-refractivity contribution in [3.63, 3.8) is 0 Å². The molecule has 0 bridgehead atoms. The fraction of sp³-hybridized carbons (Fsp3) is 0.250. The van der Waals surface area contributed by atoms with Crippen molar-refractivity contribution in [2.75, 3.05) is 0 Å². The first-order valence-electron chi connectivity index (χ1n) is 1.97. The lowest BCUT2D eigenvalue weighted by atomic mass is 10.8. The van der Waals surface area contributed by atoms with Gasteiger partial charge < -0.3 is 10.2 Å². The summed E-state index contributed by atoms with van der Waals surface area (Å²) in [4.78, 5) is 10.3. The van der Waals surface area contributed by atoms with Gasteiger partial charge in [0, 0.05) is 0 Å². The van der Waals surface area contributed by atoms with Crippen LogP contribution < -0.4 is 0 Å². The van der Waals surface area contributed by atoms with Crippen LogP contribution in [0.4, 0.5) is 4.79 Å². The van der Waals surface area contributed by atoms with E-state index in [0.717, 1.165) is 0 Å². The van der Waals surface area contributed by atoms with E-state index in [1.165, 1.54) is 0 Å². The third-order valence-corrected chi connectivity index (χ3v) is 1.13. The van der Waals surface area contributed by atoms with Crippen LogP contribution >= 0.6 is 47.8 Å². The van der Waals surface area contributed by atoms with Crippen molar-refractivity contribution in [3.8, 4) is 0 Å². The number of halogens is 3. The molecular formula is C4H5Br3O3. The van der Waals surface area contributed by atoms with Gasteiger partial charge in [-0.3, -0.25) is 0 Å². The second-order valence-electron chi connectivity index (χ2n) is 0.935. The molecule has 0 rings (SSSR count). The van der Waals surface area contributed by atoms with Gasteiger partial charge in [-0.15, -0.1) is 0 Å². The molecule has 0 aliphatic carbocycles. The average molecular weight is 341 g/mol. The molecule has 2 N–H and O–H groups in total. The van der Waals surface area contributed by atoms with Gasteiger partial charge in [0.25, 0.3) is 0 Å². The number of allylic oxidation sites excluding steroid dienone is 1. The largest absolute Gasteiger partial charge is 0.503 e. The summed E-state index contributed by atoms with van der Waals surface area (Å²) in [5.74, 6) is 0. The zero-order valence-electron chi connectivity index (χ0n) is 4.67. The normalized spacial score (nSPS) is 9.20. The summed E-state index contributed by atoms with van der Waals surface area (Å²) in [6.45, 7) is 0. The third kappa shape index (κ3) is 39.4. The Labute approximate surface area is 83.5 Å². The minimum atomic E-state index is -1.83. The standard InChI is InChI=1S/C3H3Br3.CH2O3/c4-2-1-3(5)6;2-1(3)4/h1-3H;(H2,2,3,4).